The summed E-state index contributed by atoms with van der Waals surface area (Å²) in [6, 6.07) is 11.1. The second-order valence-electron chi connectivity index (χ2n) is 7.76. The van der Waals surface area contributed by atoms with Gasteiger partial charge in [-0.3, -0.25) is 4.79 Å². The molecule has 1 aromatic carbocycles. The van der Waals surface area contributed by atoms with Gasteiger partial charge in [0.25, 0.3) is 5.91 Å². The van der Waals surface area contributed by atoms with E-state index in [1.165, 1.54) is 6.42 Å². The van der Waals surface area contributed by atoms with Gasteiger partial charge in [-0.05, 0) is 57.5 Å². The number of carbonyl (C=O) groups is 1. The van der Waals surface area contributed by atoms with Crippen molar-refractivity contribution >= 4 is 11.7 Å². The lowest BCUT2D eigenvalue weighted by Gasteiger charge is -2.11. The number of hydrogen-bond donors (Lipinski definition) is 2. The molecule has 8 nitrogen and oxygen atoms in total. The quantitative estimate of drug-likeness (QED) is 0.441. The summed E-state index contributed by atoms with van der Waals surface area (Å²) >= 11 is 0. The van der Waals surface area contributed by atoms with Gasteiger partial charge in [0.15, 0.2) is 5.82 Å². The van der Waals surface area contributed by atoms with E-state index in [1.807, 2.05) is 45.0 Å². The number of benzene rings is 1. The third kappa shape index (κ3) is 6.54. The SMILES string of the molecule is CCCCCOc1ccc(C(=O)NCCNc2cc(-n3nc(C)cc3C)nc(C)n2)cc1. The molecule has 0 atom stereocenters. The van der Waals surface area contributed by atoms with Crippen LogP contribution in [0.3, 0.4) is 0 Å². The van der Waals surface area contributed by atoms with Gasteiger partial charge >= 0.3 is 0 Å². The lowest BCUT2D eigenvalue weighted by molar-refractivity contribution is 0.0955. The maximum absolute atomic E-state index is 12.4. The number of anilines is 1. The molecule has 1 amide bonds. The van der Waals surface area contributed by atoms with E-state index in [-0.39, 0.29) is 5.91 Å². The molecule has 0 fully saturated rings. The van der Waals surface area contributed by atoms with Crippen molar-refractivity contribution in [2.24, 2.45) is 0 Å². The first-order valence-electron chi connectivity index (χ1n) is 11.1. The Balaban J connectivity index is 1.48. The number of nitrogens with zero attached hydrogens (tertiary/aromatic N) is 4. The number of carbonyl (C=O) groups excluding carboxylic acids is 1. The first-order valence-corrected chi connectivity index (χ1v) is 11.1. The van der Waals surface area contributed by atoms with Gasteiger partial charge in [0, 0.05) is 30.4 Å². The molecular weight excluding hydrogens is 404 g/mol. The molecule has 0 aliphatic rings. The monoisotopic (exact) mass is 436 g/mol. The summed E-state index contributed by atoms with van der Waals surface area (Å²) < 4.78 is 7.49. The Kier molecular flexibility index (Phi) is 8.19. The van der Waals surface area contributed by atoms with Crippen molar-refractivity contribution in [2.75, 3.05) is 25.0 Å². The minimum Gasteiger partial charge on any atom is -0.494 e. The zero-order valence-corrected chi connectivity index (χ0v) is 19.3. The predicted octanol–water partition coefficient (Wildman–Crippen LogP) is 4.00. The number of ether oxygens (including phenoxy) is 1. The summed E-state index contributed by atoms with van der Waals surface area (Å²) in [4.78, 5) is 21.3. The summed E-state index contributed by atoms with van der Waals surface area (Å²) in [5.41, 5.74) is 2.55. The fourth-order valence-corrected chi connectivity index (χ4v) is 3.33. The Labute approximate surface area is 189 Å². The lowest BCUT2D eigenvalue weighted by atomic mass is 10.2. The number of amides is 1. The molecule has 0 spiro atoms. The van der Waals surface area contributed by atoms with Crippen LogP contribution in [0, 0.1) is 20.8 Å². The molecule has 0 saturated heterocycles. The maximum Gasteiger partial charge on any atom is 0.251 e. The van der Waals surface area contributed by atoms with Gasteiger partial charge < -0.3 is 15.4 Å². The number of hydrogen-bond acceptors (Lipinski definition) is 6. The number of unbranched alkanes of at least 4 members (excludes halogenated alkanes) is 2. The Morgan fingerprint density at radius 3 is 2.50 bits per heavy atom. The van der Waals surface area contributed by atoms with E-state index in [9.17, 15) is 4.79 Å². The van der Waals surface area contributed by atoms with Crippen LogP contribution in [0.5, 0.6) is 5.75 Å². The number of nitrogens with one attached hydrogen (secondary N) is 2. The molecule has 0 aliphatic heterocycles. The van der Waals surface area contributed by atoms with Crippen LogP contribution in [0.2, 0.25) is 0 Å². The van der Waals surface area contributed by atoms with Gasteiger partial charge in [0.05, 0.1) is 12.3 Å². The molecule has 170 valence electrons. The highest BCUT2D eigenvalue weighted by Gasteiger charge is 2.09. The fraction of sp³-hybridized carbons (Fsp3) is 0.417. The smallest absolute Gasteiger partial charge is 0.251 e. The van der Waals surface area contributed by atoms with Crippen LogP contribution in [0.25, 0.3) is 5.82 Å². The molecule has 0 aliphatic carbocycles. The van der Waals surface area contributed by atoms with Crippen molar-refractivity contribution in [2.45, 2.75) is 47.0 Å². The van der Waals surface area contributed by atoms with Gasteiger partial charge in [-0.25, -0.2) is 14.6 Å². The minimum absolute atomic E-state index is 0.119. The van der Waals surface area contributed by atoms with Crippen molar-refractivity contribution < 1.29 is 9.53 Å². The molecule has 2 heterocycles. The molecule has 0 saturated carbocycles. The van der Waals surface area contributed by atoms with E-state index in [1.54, 1.807) is 16.8 Å². The van der Waals surface area contributed by atoms with Crippen molar-refractivity contribution in [3.05, 3.63) is 59.2 Å². The van der Waals surface area contributed by atoms with Gasteiger partial charge in [0.2, 0.25) is 0 Å². The highest BCUT2D eigenvalue weighted by Crippen LogP contribution is 2.14. The van der Waals surface area contributed by atoms with Crippen LogP contribution in [0.4, 0.5) is 5.82 Å². The van der Waals surface area contributed by atoms with Crippen LogP contribution in [-0.4, -0.2) is 45.4 Å². The second-order valence-corrected chi connectivity index (χ2v) is 7.76. The van der Waals surface area contributed by atoms with Crippen molar-refractivity contribution in [1.82, 2.24) is 25.1 Å². The van der Waals surface area contributed by atoms with E-state index >= 15 is 0 Å². The van der Waals surface area contributed by atoms with E-state index in [0.29, 0.717) is 42.7 Å². The maximum atomic E-state index is 12.4. The molecular formula is C24H32N6O2. The minimum atomic E-state index is -0.119. The van der Waals surface area contributed by atoms with Crippen molar-refractivity contribution in [1.29, 1.82) is 0 Å². The Morgan fingerprint density at radius 2 is 1.81 bits per heavy atom. The van der Waals surface area contributed by atoms with E-state index in [2.05, 4.69) is 32.6 Å². The van der Waals surface area contributed by atoms with Crippen LogP contribution in [0.15, 0.2) is 36.4 Å². The van der Waals surface area contributed by atoms with Crippen LogP contribution in [-0.2, 0) is 0 Å². The molecule has 3 rings (SSSR count). The summed E-state index contributed by atoms with van der Waals surface area (Å²) in [6.45, 7) is 9.66. The standard InChI is InChI=1S/C24H32N6O2/c1-5-6-7-14-32-21-10-8-20(9-11-21)24(31)26-13-12-25-22-16-23(28-19(4)27-22)30-18(3)15-17(2)29-30/h8-11,15-16H,5-7,12-14H2,1-4H3,(H,26,31)(H,25,27,28). The van der Waals surface area contributed by atoms with Gasteiger partial charge in [-0.15, -0.1) is 0 Å². The van der Waals surface area contributed by atoms with E-state index in [0.717, 1.165) is 30.0 Å². The normalized spacial score (nSPS) is 10.8. The van der Waals surface area contributed by atoms with E-state index < -0.39 is 0 Å². The number of aromatic nitrogens is 4. The molecule has 3 aromatic rings. The molecule has 0 radical (unpaired) electrons. The van der Waals surface area contributed by atoms with Crippen LogP contribution < -0.4 is 15.4 Å². The lowest BCUT2D eigenvalue weighted by Crippen LogP contribution is -2.29. The molecule has 2 N–H and O–H groups in total. The van der Waals surface area contributed by atoms with Crippen molar-refractivity contribution in [3.8, 4) is 11.6 Å². The zero-order valence-electron chi connectivity index (χ0n) is 19.3. The third-order valence-corrected chi connectivity index (χ3v) is 4.90. The Hall–Kier alpha value is -3.42. The highest BCUT2D eigenvalue weighted by atomic mass is 16.5. The summed E-state index contributed by atoms with van der Waals surface area (Å²) in [6.07, 6.45) is 3.37. The molecule has 0 bridgehead atoms. The summed E-state index contributed by atoms with van der Waals surface area (Å²) in [5, 5.41) is 10.6. The van der Waals surface area contributed by atoms with Gasteiger partial charge in [-0.2, -0.15) is 5.10 Å². The second kappa shape index (κ2) is 11.3. The Morgan fingerprint density at radius 1 is 1.03 bits per heavy atom. The first kappa shape index (κ1) is 23.2. The van der Waals surface area contributed by atoms with Crippen LogP contribution in [0.1, 0.15) is 53.8 Å². The zero-order chi connectivity index (χ0) is 22.9. The number of aryl methyl sites for hydroxylation is 3. The fourth-order valence-electron chi connectivity index (χ4n) is 3.33. The van der Waals surface area contributed by atoms with Gasteiger partial charge in [-0.1, -0.05) is 19.8 Å². The average Bonchev–Trinajstić information content (AvgIpc) is 3.12. The average molecular weight is 437 g/mol. The summed E-state index contributed by atoms with van der Waals surface area (Å²) in [7, 11) is 0. The molecule has 32 heavy (non-hydrogen) atoms. The summed E-state index contributed by atoms with van der Waals surface area (Å²) in [5.74, 6) is 2.73. The Bertz CT molecular complexity index is 1030. The topological polar surface area (TPSA) is 94.0 Å². The molecule has 2 aromatic heterocycles. The van der Waals surface area contributed by atoms with E-state index in [4.69, 9.17) is 4.74 Å². The molecule has 0 unspecified atom stereocenters. The largest absolute Gasteiger partial charge is 0.494 e. The predicted molar refractivity (Wildman–Crippen MR) is 126 cm³/mol. The highest BCUT2D eigenvalue weighted by molar-refractivity contribution is 5.94. The van der Waals surface area contributed by atoms with Crippen molar-refractivity contribution in [3.63, 3.8) is 0 Å². The third-order valence-electron chi connectivity index (χ3n) is 4.90. The number of rotatable bonds is 11. The molecule has 8 heteroatoms. The van der Waals surface area contributed by atoms with Gasteiger partial charge in [0.1, 0.15) is 17.4 Å². The van der Waals surface area contributed by atoms with Crippen LogP contribution >= 0.6 is 0 Å². The first-order chi connectivity index (χ1) is 15.5.